The summed E-state index contributed by atoms with van der Waals surface area (Å²) < 4.78 is 7.40. The zero-order chi connectivity index (χ0) is 20.9. The number of carbonyl (C=O) groups excluding carboxylic acids is 1. The zero-order valence-electron chi connectivity index (χ0n) is 17.1. The van der Waals surface area contributed by atoms with E-state index in [0.717, 1.165) is 32.3 Å². The SMILES string of the molecule is O=C(CSc1nc2cc(Cl)ccc2c(=O)n1CC1CCCO1)NC1CCCCCC1. The van der Waals surface area contributed by atoms with Crippen LogP contribution in [0.4, 0.5) is 0 Å². The maximum atomic E-state index is 13.2. The van der Waals surface area contributed by atoms with E-state index in [1.807, 2.05) is 0 Å². The van der Waals surface area contributed by atoms with E-state index in [2.05, 4.69) is 10.3 Å². The maximum Gasteiger partial charge on any atom is 0.262 e. The average molecular weight is 450 g/mol. The highest BCUT2D eigenvalue weighted by Crippen LogP contribution is 2.23. The Hall–Kier alpha value is -1.57. The predicted octanol–water partition coefficient (Wildman–Crippen LogP) is 4.16. The molecular formula is C22H28ClN3O3S. The molecule has 30 heavy (non-hydrogen) atoms. The van der Waals surface area contributed by atoms with Gasteiger partial charge in [-0.1, -0.05) is 49.0 Å². The summed E-state index contributed by atoms with van der Waals surface area (Å²) in [7, 11) is 0. The van der Waals surface area contributed by atoms with E-state index >= 15 is 0 Å². The first kappa shape index (κ1) is 21.7. The van der Waals surface area contributed by atoms with Gasteiger partial charge in [-0.25, -0.2) is 4.98 Å². The second kappa shape index (κ2) is 10.2. The summed E-state index contributed by atoms with van der Waals surface area (Å²) in [5, 5.41) is 4.77. The number of hydrogen-bond acceptors (Lipinski definition) is 5. The number of nitrogens with one attached hydrogen (secondary N) is 1. The van der Waals surface area contributed by atoms with Crippen LogP contribution >= 0.6 is 23.4 Å². The van der Waals surface area contributed by atoms with Crippen molar-refractivity contribution in [1.29, 1.82) is 0 Å². The molecule has 1 aromatic heterocycles. The predicted molar refractivity (Wildman–Crippen MR) is 120 cm³/mol. The topological polar surface area (TPSA) is 73.2 Å². The second-order valence-corrected chi connectivity index (χ2v) is 9.53. The minimum absolute atomic E-state index is 0.00370. The molecule has 1 aromatic carbocycles. The highest BCUT2D eigenvalue weighted by molar-refractivity contribution is 7.99. The first-order chi connectivity index (χ1) is 14.6. The molecule has 1 saturated carbocycles. The summed E-state index contributed by atoms with van der Waals surface area (Å²) in [5.74, 6) is 0.233. The number of rotatable bonds is 6. The lowest BCUT2D eigenvalue weighted by Gasteiger charge is -2.18. The molecule has 1 amide bonds. The smallest absolute Gasteiger partial charge is 0.262 e. The molecule has 1 aliphatic carbocycles. The zero-order valence-corrected chi connectivity index (χ0v) is 18.6. The molecule has 2 aliphatic rings. The van der Waals surface area contributed by atoms with E-state index in [9.17, 15) is 9.59 Å². The van der Waals surface area contributed by atoms with Gasteiger partial charge in [0.05, 0.1) is 29.3 Å². The fraction of sp³-hybridized carbons (Fsp3) is 0.591. The van der Waals surface area contributed by atoms with E-state index in [1.54, 1.807) is 22.8 Å². The quantitative estimate of drug-likeness (QED) is 0.407. The second-order valence-electron chi connectivity index (χ2n) is 8.15. The molecular weight excluding hydrogens is 422 g/mol. The molecule has 2 heterocycles. The number of fused-ring (bicyclic) bond motifs is 1. The Morgan fingerprint density at radius 3 is 2.73 bits per heavy atom. The first-order valence-electron chi connectivity index (χ1n) is 10.8. The van der Waals surface area contributed by atoms with Crippen LogP contribution in [0.2, 0.25) is 5.02 Å². The van der Waals surface area contributed by atoms with Gasteiger partial charge < -0.3 is 10.1 Å². The molecule has 0 bridgehead atoms. The van der Waals surface area contributed by atoms with E-state index < -0.39 is 0 Å². The molecule has 2 aromatic rings. The van der Waals surface area contributed by atoms with Crippen LogP contribution in [0.25, 0.3) is 10.9 Å². The van der Waals surface area contributed by atoms with Crippen LogP contribution < -0.4 is 10.9 Å². The minimum atomic E-state index is -0.112. The largest absolute Gasteiger partial charge is 0.376 e. The van der Waals surface area contributed by atoms with Crippen molar-refractivity contribution in [2.24, 2.45) is 0 Å². The summed E-state index contributed by atoms with van der Waals surface area (Å²) in [4.78, 5) is 30.4. The Labute approximate surface area is 185 Å². The van der Waals surface area contributed by atoms with E-state index in [0.29, 0.717) is 27.6 Å². The molecule has 1 aliphatic heterocycles. The summed E-state index contributed by atoms with van der Waals surface area (Å²) in [6.45, 7) is 1.18. The number of ether oxygens (including phenoxy) is 1. The van der Waals surface area contributed by atoms with Crippen molar-refractivity contribution in [2.45, 2.75) is 75.2 Å². The number of halogens is 1. The van der Waals surface area contributed by atoms with Gasteiger partial charge in [0.25, 0.3) is 5.56 Å². The summed E-state index contributed by atoms with van der Waals surface area (Å²) in [6.07, 6.45) is 8.88. The average Bonchev–Trinajstić information content (AvgIpc) is 3.11. The first-order valence-corrected chi connectivity index (χ1v) is 12.2. The number of benzene rings is 1. The Kier molecular flexibility index (Phi) is 7.33. The molecule has 0 radical (unpaired) electrons. The molecule has 6 nitrogen and oxygen atoms in total. The van der Waals surface area contributed by atoms with Crippen LogP contribution in [-0.4, -0.2) is 40.0 Å². The third-order valence-corrected chi connectivity index (χ3v) is 7.06. The minimum Gasteiger partial charge on any atom is -0.376 e. The molecule has 1 N–H and O–H groups in total. The van der Waals surface area contributed by atoms with Crippen molar-refractivity contribution >= 4 is 40.2 Å². The van der Waals surface area contributed by atoms with Gasteiger partial charge >= 0.3 is 0 Å². The van der Waals surface area contributed by atoms with Gasteiger partial charge in [-0.3, -0.25) is 14.2 Å². The third kappa shape index (κ3) is 5.37. The van der Waals surface area contributed by atoms with Gasteiger partial charge in [-0.2, -0.15) is 0 Å². The molecule has 8 heteroatoms. The van der Waals surface area contributed by atoms with E-state index in [-0.39, 0.29) is 29.4 Å². The van der Waals surface area contributed by atoms with Crippen LogP contribution in [0.5, 0.6) is 0 Å². The molecule has 1 unspecified atom stereocenters. The highest BCUT2D eigenvalue weighted by Gasteiger charge is 2.21. The lowest BCUT2D eigenvalue weighted by Crippen LogP contribution is -2.36. The van der Waals surface area contributed by atoms with E-state index in [1.165, 1.54) is 37.4 Å². The highest BCUT2D eigenvalue weighted by atomic mass is 35.5. The van der Waals surface area contributed by atoms with Crippen molar-refractivity contribution in [3.63, 3.8) is 0 Å². The van der Waals surface area contributed by atoms with Crippen molar-refractivity contribution in [3.8, 4) is 0 Å². The van der Waals surface area contributed by atoms with Crippen LogP contribution in [-0.2, 0) is 16.1 Å². The fourth-order valence-corrected chi connectivity index (χ4v) is 5.25. The molecule has 2 fully saturated rings. The van der Waals surface area contributed by atoms with Crippen LogP contribution in [0.1, 0.15) is 51.4 Å². The number of aromatic nitrogens is 2. The third-order valence-electron chi connectivity index (χ3n) is 5.85. The maximum absolute atomic E-state index is 13.2. The summed E-state index contributed by atoms with van der Waals surface area (Å²) >= 11 is 7.42. The molecule has 1 saturated heterocycles. The fourth-order valence-electron chi connectivity index (χ4n) is 4.26. The van der Waals surface area contributed by atoms with Crippen LogP contribution in [0, 0.1) is 0 Å². The molecule has 0 spiro atoms. The van der Waals surface area contributed by atoms with E-state index in [4.69, 9.17) is 16.3 Å². The van der Waals surface area contributed by atoms with Gasteiger partial charge in [-0.05, 0) is 43.9 Å². The van der Waals surface area contributed by atoms with Crippen molar-refractivity contribution < 1.29 is 9.53 Å². The molecule has 162 valence electrons. The lowest BCUT2D eigenvalue weighted by molar-refractivity contribution is -0.119. The molecule has 1 atom stereocenters. The van der Waals surface area contributed by atoms with Crippen LogP contribution in [0.3, 0.4) is 0 Å². The van der Waals surface area contributed by atoms with Crippen LogP contribution in [0.15, 0.2) is 28.2 Å². The van der Waals surface area contributed by atoms with Gasteiger partial charge in [0.2, 0.25) is 5.91 Å². The van der Waals surface area contributed by atoms with Crippen molar-refractivity contribution in [3.05, 3.63) is 33.6 Å². The normalized spacial score (nSPS) is 20.4. The van der Waals surface area contributed by atoms with Gasteiger partial charge in [0.15, 0.2) is 5.16 Å². The number of carbonyl (C=O) groups is 1. The summed E-state index contributed by atoms with van der Waals surface area (Å²) in [5.41, 5.74) is 0.446. The van der Waals surface area contributed by atoms with Gasteiger partial charge in [0.1, 0.15) is 0 Å². The Morgan fingerprint density at radius 2 is 2.00 bits per heavy atom. The van der Waals surface area contributed by atoms with Crippen molar-refractivity contribution in [1.82, 2.24) is 14.9 Å². The Morgan fingerprint density at radius 1 is 1.20 bits per heavy atom. The number of thioether (sulfide) groups is 1. The number of hydrogen-bond donors (Lipinski definition) is 1. The van der Waals surface area contributed by atoms with Crippen molar-refractivity contribution in [2.75, 3.05) is 12.4 Å². The van der Waals surface area contributed by atoms with Gasteiger partial charge in [0, 0.05) is 17.7 Å². The number of nitrogens with zero attached hydrogens (tertiary/aromatic N) is 2. The Balaban J connectivity index is 1.53. The Bertz CT molecular complexity index is 951. The lowest BCUT2D eigenvalue weighted by atomic mass is 10.1. The molecule has 4 rings (SSSR count). The standard InChI is InChI=1S/C22H28ClN3O3S/c23-15-9-10-18-19(12-15)25-22(26(21(18)28)13-17-8-5-11-29-17)30-14-20(27)24-16-6-3-1-2-4-7-16/h9-10,12,16-17H,1-8,11,13-14H2,(H,24,27). The number of amides is 1. The summed E-state index contributed by atoms with van der Waals surface area (Å²) in [6, 6.07) is 5.38. The van der Waals surface area contributed by atoms with Gasteiger partial charge in [-0.15, -0.1) is 0 Å². The monoisotopic (exact) mass is 449 g/mol.